The van der Waals surface area contributed by atoms with Crippen molar-refractivity contribution in [2.75, 3.05) is 57.8 Å². The van der Waals surface area contributed by atoms with Crippen molar-refractivity contribution >= 4 is 35.8 Å². The fourth-order valence-corrected chi connectivity index (χ4v) is 3.42. The molecule has 1 aliphatic rings. The minimum Gasteiger partial charge on any atom is -0.492 e. The summed E-state index contributed by atoms with van der Waals surface area (Å²) in [6, 6.07) is 12.3. The summed E-state index contributed by atoms with van der Waals surface area (Å²) in [5, 5.41) is 6.66. The number of anilines is 1. The van der Waals surface area contributed by atoms with Crippen LogP contribution in [0.4, 0.5) is 5.82 Å². The molecule has 0 amide bonds. The largest absolute Gasteiger partial charge is 0.492 e. The fraction of sp³-hybridized carbons (Fsp3) is 0.478. The normalized spacial score (nSPS) is 14.7. The number of rotatable bonds is 8. The smallest absolute Gasteiger partial charge is 0.191 e. The van der Waals surface area contributed by atoms with Crippen LogP contribution in [0.3, 0.4) is 0 Å². The van der Waals surface area contributed by atoms with E-state index in [-0.39, 0.29) is 24.0 Å². The maximum absolute atomic E-state index is 5.75. The van der Waals surface area contributed by atoms with Crippen LogP contribution < -0.4 is 20.3 Å². The lowest BCUT2D eigenvalue weighted by Crippen LogP contribution is -2.46. The standard InChI is InChI=1S/C23H34N6O.HI/c1-4-28-12-14-29(15-13-28)22-17-20(9-10-25-22)18-27-23(24-3)26-11-16-30-21-7-5-19(2)6-8-21;/h5-10,17H,4,11-16,18H2,1-3H3,(H2,24,26,27);1H. The molecule has 1 aromatic heterocycles. The number of pyridine rings is 1. The van der Waals surface area contributed by atoms with Gasteiger partial charge in [-0.2, -0.15) is 0 Å². The lowest BCUT2D eigenvalue weighted by molar-refractivity contribution is 0.270. The summed E-state index contributed by atoms with van der Waals surface area (Å²) in [5.74, 6) is 2.70. The molecule has 2 heterocycles. The number of halogens is 1. The van der Waals surface area contributed by atoms with Gasteiger partial charge in [0.15, 0.2) is 5.96 Å². The number of nitrogens with zero attached hydrogens (tertiary/aromatic N) is 4. The molecule has 3 rings (SSSR count). The van der Waals surface area contributed by atoms with Gasteiger partial charge in [-0.05, 0) is 43.3 Å². The zero-order valence-corrected chi connectivity index (χ0v) is 21.1. The molecule has 0 unspecified atom stereocenters. The van der Waals surface area contributed by atoms with Gasteiger partial charge in [-0.25, -0.2) is 4.98 Å². The lowest BCUT2D eigenvalue weighted by Gasteiger charge is -2.34. The van der Waals surface area contributed by atoms with Crippen LogP contribution in [-0.2, 0) is 6.54 Å². The lowest BCUT2D eigenvalue weighted by atomic mass is 10.2. The average molecular weight is 538 g/mol. The van der Waals surface area contributed by atoms with E-state index in [9.17, 15) is 0 Å². The summed E-state index contributed by atoms with van der Waals surface area (Å²) in [7, 11) is 1.78. The molecular weight excluding hydrogens is 503 g/mol. The number of guanidine groups is 1. The van der Waals surface area contributed by atoms with Crippen LogP contribution in [-0.4, -0.2) is 68.8 Å². The van der Waals surface area contributed by atoms with Gasteiger partial charge in [0.05, 0.1) is 6.54 Å². The highest BCUT2D eigenvalue weighted by molar-refractivity contribution is 14.0. The van der Waals surface area contributed by atoms with Crippen molar-refractivity contribution in [2.45, 2.75) is 20.4 Å². The van der Waals surface area contributed by atoms with Gasteiger partial charge < -0.3 is 25.2 Å². The van der Waals surface area contributed by atoms with Crippen molar-refractivity contribution < 1.29 is 4.74 Å². The molecule has 1 saturated heterocycles. The molecule has 0 bridgehead atoms. The highest BCUT2D eigenvalue weighted by Gasteiger charge is 2.16. The Morgan fingerprint density at radius 2 is 1.84 bits per heavy atom. The van der Waals surface area contributed by atoms with Crippen LogP contribution in [0.5, 0.6) is 5.75 Å². The summed E-state index contributed by atoms with van der Waals surface area (Å²) in [6.45, 7) is 11.6. The van der Waals surface area contributed by atoms with Crippen LogP contribution >= 0.6 is 24.0 Å². The van der Waals surface area contributed by atoms with Gasteiger partial charge in [-0.15, -0.1) is 24.0 Å². The molecule has 0 radical (unpaired) electrons. The van der Waals surface area contributed by atoms with E-state index in [0.29, 0.717) is 19.7 Å². The van der Waals surface area contributed by atoms with Gasteiger partial charge in [0.2, 0.25) is 0 Å². The summed E-state index contributed by atoms with van der Waals surface area (Å²) in [6.07, 6.45) is 1.89. The monoisotopic (exact) mass is 538 g/mol. The second kappa shape index (κ2) is 13.4. The SMILES string of the molecule is CCN1CCN(c2cc(CNC(=NC)NCCOc3ccc(C)cc3)ccn2)CC1.I. The van der Waals surface area contributed by atoms with Crippen molar-refractivity contribution in [2.24, 2.45) is 4.99 Å². The molecule has 0 aliphatic carbocycles. The number of likely N-dealkylation sites (N-methyl/N-ethyl adjacent to an activating group) is 1. The van der Waals surface area contributed by atoms with Gasteiger partial charge in [0, 0.05) is 46.0 Å². The second-order valence-corrected chi connectivity index (χ2v) is 7.46. The quantitative estimate of drug-likeness (QED) is 0.233. The molecule has 2 N–H and O–H groups in total. The van der Waals surface area contributed by atoms with Crippen LogP contribution in [0.1, 0.15) is 18.1 Å². The molecular formula is C23H35IN6O. The number of ether oxygens (including phenoxy) is 1. The van der Waals surface area contributed by atoms with E-state index in [1.165, 1.54) is 11.1 Å². The van der Waals surface area contributed by atoms with E-state index >= 15 is 0 Å². The topological polar surface area (TPSA) is 65.0 Å². The Morgan fingerprint density at radius 3 is 2.52 bits per heavy atom. The first-order valence-corrected chi connectivity index (χ1v) is 10.7. The average Bonchev–Trinajstić information content (AvgIpc) is 2.80. The second-order valence-electron chi connectivity index (χ2n) is 7.46. The molecule has 31 heavy (non-hydrogen) atoms. The zero-order valence-electron chi connectivity index (χ0n) is 18.8. The van der Waals surface area contributed by atoms with Crippen molar-refractivity contribution in [3.8, 4) is 5.75 Å². The Hall–Kier alpha value is -2.07. The third-order valence-corrected chi connectivity index (χ3v) is 5.32. The number of nitrogens with one attached hydrogen (secondary N) is 2. The first-order valence-electron chi connectivity index (χ1n) is 10.7. The number of piperazine rings is 1. The van der Waals surface area contributed by atoms with Crippen LogP contribution in [0.25, 0.3) is 0 Å². The van der Waals surface area contributed by atoms with Crippen LogP contribution in [0, 0.1) is 6.92 Å². The molecule has 2 aromatic rings. The van der Waals surface area contributed by atoms with E-state index in [4.69, 9.17) is 4.74 Å². The first kappa shape index (κ1) is 25.2. The summed E-state index contributed by atoms with van der Waals surface area (Å²) < 4.78 is 5.75. The Bertz CT molecular complexity index is 806. The number of hydrogen-bond acceptors (Lipinski definition) is 5. The van der Waals surface area contributed by atoms with Crippen molar-refractivity contribution in [1.82, 2.24) is 20.5 Å². The predicted octanol–water partition coefficient (Wildman–Crippen LogP) is 2.89. The Labute approximate surface area is 203 Å². The minimum atomic E-state index is 0. The van der Waals surface area contributed by atoms with Crippen molar-refractivity contribution in [3.63, 3.8) is 0 Å². The zero-order chi connectivity index (χ0) is 21.2. The number of aliphatic imine (C=N–C) groups is 1. The fourth-order valence-electron chi connectivity index (χ4n) is 3.42. The minimum absolute atomic E-state index is 0. The molecule has 0 saturated carbocycles. The van der Waals surface area contributed by atoms with E-state index in [2.05, 4.69) is 62.5 Å². The number of aryl methyl sites for hydroxylation is 1. The molecule has 8 heteroatoms. The Kier molecular flexibility index (Phi) is 10.9. The summed E-state index contributed by atoms with van der Waals surface area (Å²) >= 11 is 0. The number of aromatic nitrogens is 1. The summed E-state index contributed by atoms with van der Waals surface area (Å²) in [5.41, 5.74) is 2.42. The molecule has 1 aromatic carbocycles. The van der Waals surface area contributed by atoms with Crippen molar-refractivity contribution in [1.29, 1.82) is 0 Å². The highest BCUT2D eigenvalue weighted by Crippen LogP contribution is 2.15. The summed E-state index contributed by atoms with van der Waals surface area (Å²) in [4.78, 5) is 13.7. The molecule has 1 fully saturated rings. The van der Waals surface area contributed by atoms with Crippen LogP contribution in [0.2, 0.25) is 0 Å². The third kappa shape index (κ3) is 8.17. The Morgan fingerprint density at radius 1 is 1.10 bits per heavy atom. The molecule has 0 spiro atoms. The maximum atomic E-state index is 5.75. The van der Waals surface area contributed by atoms with E-state index in [0.717, 1.165) is 50.3 Å². The first-order chi connectivity index (χ1) is 14.7. The molecule has 7 nitrogen and oxygen atoms in total. The number of benzene rings is 1. The molecule has 0 atom stereocenters. The van der Waals surface area contributed by atoms with E-state index in [1.807, 2.05) is 24.4 Å². The van der Waals surface area contributed by atoms with Crippen LogP contribution in [0.15, 0.2) is 47.6 Å². The maximum Gasteiger partial charge on any atom is 0.191 e. The van der Waals surface area contributed by atoms with Gasteiger partial charge in [0.1, 0.15) is 18.2 Å². The number of hydrogen-bond donors (Lipinski definition) is 2. The van der Waals surface area contributed by atoms with Gasteiger partial charge in [-0.1, -0.05) is 24.6 Å². The highest BCUT2D eigenvalue weighted by atomic mass is 127. The van der Waals surface area contributed by atoms with Gasteiger partial charge in [-0.3, -0.25) is 4.99 Å². The predicted molar refractivity (Wildman–Crippen MR) is 139 cm³/mol. The van der Waals surface area contributed by atoms with Gasteiger partial charge in [0.25, 0.3) is 0 Å². The van der Waals surface area contributed by atoms with E-state index < -0.39 is 0 Å². The molecule has 170 valence electrons. The van der Waals surface area contributed by atoms with Crippen molar-refractivity contribution in [3.05, 3.63) is 53.7 Å². The third-order valence-electron chi connectivity index (χ3n) is 5.32. The Balaban J connectivity index is 0.00000341. The van der Waals surface area contributed by atoms with E-state index in [1.54, 1.807) is 7.05 Å². The molecule has 1 aliphatic heterocycles. The van der Waals surface area contributed by atoms with Gasteiger partial charge >= 0.3 is 0 Å².